The van der Waals surface area contributed by atoms with Crippen molar-refractivity contribution >= 4 is 40.4 Å². The van der Waals surface area contributed by atoms with Gasteiger partial charge in [-0.2, -0.15) is 0 Å². The van der Waals surface area contributed by atoms with Crippen LogP contribution >= 0.6 is 22.9 Å². The topological polar surface area (TPSA) is 58.2 Å². The summed E-state index contributed by atoms with van der Waals surface area (Å²) in [6.45, 7) is 3.77. The lowest BCUT2D eigenvalue weighted by Gasteiger charge is -2.21. The number of halogens is 1. The third-order valence-electron chi connectivity index (χ3n) is 3.07. The molecule has 0 spiro atoms. The van der Waals surface area contributed by atoms with Crippen molar-refractivity contribution in [1.29, 1.82) is 0 Å². The Morgan fingerprint density at radius 1 is 1.18 bits per heavy atom. The van der Waals surface area contributed by atoms with Crippen molar-refractivity contribution in [1.82, 2.24) is 5.32 Å². The minimum absolute atomic E-state index is 0.0388. The number of rotatable bonds is 5. The first kappa shape index (κ1) is 16.5. The van der Waals surface area contributed by atoms with E-state index in [4.69, 9.17) is 11.6 Å². The molecule has 6 heteroatoms. The van der Waals surface area contributed by atoms with E-state index in [0.29, 0.717) is 15.6 Å². The van der Waals surface area contributed by atoms with E-state index in [-0.39, 0.29) is 17.7 Å². The molecular formula is C16H17ClN2O2S. The summed E-state index contributed by atoms with van der Waals surface area (Å²) in [7, 11) is 0. The number of benzene rings is 1. The maximum absolute atomic E-state index is 12.4. The average Bonchev–Trinajstić information content (AvgIpc) is 2.98. The lowest BCUT2D eigenvalue weighted by Crippen LogP contribution is -2.46. The Bertz CT molecular complexity index is 656. The van der Waals surface area contributed by atoms with Crippen LogP contribution in [0.5, 0.6) is 0 Å². The molecule has 0 fully saturated rings. The van der Waals surface area contributed by atoms with Gasteiger partial charge < -0.3 is 10.6 Å². The molecule has 0 bridgehead atoms. The van der Waals surface area contributed by atoms with E-state index in [1.165, 1.54) is 11.3 Å². The van der Waals surface area contributed by atoms with Gasteiger partial charge in [-0.25, -0.2) is 0 Å². The van der Waals surface area contributed by atoms with Gasteiger partial charge in [-0.1, -0.05) is 37.6 Å². The Kier molecular flexibility index (Phi) is 5.57. The zero-order valence-electron chi connectivity index (χ0n) is 12.3. The van der Waals surface area contributed by atoms with Gasteiger partial charge in [0.1, 0.15) is 6.04 Å². The molecule has 116 valence electrons. The van der Waals surface area contributed by atoms with E-state index in [0.717, 1.165) is 0 Å². The Labute approximate surface area is 138 Å². The molecule has 2 rings (SSSR count). The number of carbonyl (C=O) groups is 2. The third kappa shape index (κ3) is 4.32. The fourth-order valence-corrected chi connectivity index (χ4v) is 2.76. The van der Waals surface area contributed by atoms with Gasteiger partial charge in [-0.15, -0.1) is 11.3 Å². The van der Waals surface area contributed by atoms with E-state index >= 15 is 0 Å². The summed E-state index contributed by atoms with van der Waals surface area (Å²) < 4.78 is 0. The maximum Gasteiger partial charge on any atom is 0.262 e. The first-order valence-corrected chi connectivity index (χ1v) is 8.14. The second-order valence-electron chi connectivity index (χ2n) is 5.17. The number of thiophene rings is 1. The molecule has 0 saturated carbocycles. The molecule has 1 heterocycles. The summed E-state index contributed by atoms with van der Waals surface area (Å²) in [6.07, 6.45) is 0. The fraction of sp³-hybridized carbons (Fsp3) is 0.250. The van der Waals surface area contributed by atoms with Crippen LogP contribution < -0.4 is 10.6 Å². The van der Waals surface area contributed by atoms with Crippen LogP contribution in [0.25, 0.3) is 0 Å². The summed E-state index contributed by atoms with van der Waals surface area (Å²) in [6, 6.07) is 9.82. The Balaban J connectivity index is 2.07. The average molecular weight is 337 g/mol. The predicted octanol–water partition coefficient (Wildman–Crippen LogP) is 3.79. The SMILES string of the molecule is CC(C)C(NC(=O)c1cccs1)C(=O)Nc1cccc(Cl)c1. The molecule has 1 aromatic heterocycles. The van der Waals surface area contributed by atoms with Crippen LogP contribution in [0.4, 0.5) is 5.69 Å². The molecule has 1 atom stereocenters. The number of carbonyl (C=O) groups excluding carboxylic acids is 2. The number of anilines is 1. The van der Waals surface area contributed by atoms with Crippen molar-refractivity contribution in [3.63, 3.8) is 0 Å². The summed E-state index contributed by atoms with van der Waals surface area (Å²) in [5.74, 6) is -0.541. The summed E-state index contributed by atoms with van der Waals surface area (Å²) in [4.78, 5) is 25.1. The molecule has 0 aliphatic carbocycles. The molecule has 22 heavy (non-hydrogen) atoms. The number of amides is 2. The van der Waals surface area contributed by atoms with Gasteiger partial charge in [0.2, 0.25) is 5.91 Å². The zero-order chi connectivity index (χ0) is 16.1. The van der Waals surface area contributed by atoms with Crippen LogP contribution in [0.15, 0.2) is 41.8 Å². The van der Waals surface area contributed by atoms with E-state index in [1.807, 2.05) is 19.2 Å². The normalized spacial score (nSPS) is 12.0. The van der Waals surface area contributed by atoms with Crippen molar-refractivity contribution in [3.05, 3.63) is 51.7 Å². The highest BCUT2D eigenvalue weighted by Gasteiger charge is 2.25. The fourth-order valence-electron chi connectivity index (χ4n) is 1.94. The number of hydrogen-bond donors (Lipinski definition) is 2. The second kappa shape index (κ2) is 7.42. The van der Waals surface area contributed by atoms with Crippen LogP contribution in [0.1, 0.15) is 23.5 Å². The van der Waals surface area contributed by atoms with Crippen molar-refractivity contribution in [3.8, 4) is 0 Å². The van der Waals surface area contributed by atoms with Crippen LogP contribution in [0.3, 0.4) is 0 Å². The molecule has 2 aromatic rings. The molecule has 4 nitrogen and oxygen atoms in total. The van der Waals surface area contributed by atoms with Crippen LogP contribution in [0, 0.1) is 5.92 Å². The second-order valence-corrected chi connectivity index (χ2v) is 6.56. The first-order chi connectivity index (χ1) is 10.5. The predicted molar refractivity (Wildman–Crippen MR) is 90.5 cm³/mol. The van der Waals surface area contributed by atoms with Crippen LogP contribution in [-0.2, 0) is 4.79 Å². The molecule has 1 aromatic carbocycles. The van der Waals surface area contributed by atoms with Gasteiger partial charge in [0.15, 0.2) is 0 Å². The minimum Gasteiger partial charge on any atom is -0.339 e. The van der Waals surface area contributed by atoms with Gasteiger partial charge in [-0.05, 0) is 35.6 Å². The highest BCUT2D eigenvalue weighted by Crippen LogP contribution is 2.16. The van der Waals surface area contributed by atoms with E-state index in [9.17, 15) is 9.59 Å². The molecule has 0 radical (unpaired) electrons. The summed E-state index contributed by atoms with van der Waals surface area (Å²) >= 11 is 7.24. The van der Waals surface area contributed by atoms with Crippen LogP contribution in [0.2, 0.25) is 5.02 Å². The lowest BCUT2D eigenvalue weighted by molar-refractivity contribution is -0.118. The van der Waals surface area contributed by atoms with Gasteiger partial charge >= 0.3 is 0 Å². The monoisotopic (exact) mass is 336 g/mol. The van der Waals surface area contributed by atoms with Crippen LogP contribution in [-0.4, -0.2) is 17.9 Å². The van der Waals surface area contributed by atoms with Crippen molar-refractivity contribution in [2.75, 3.05) is 5.32 Å². The van der Waals surface area contributed by atoms with Gasteiger partial charge in [-0.3, -0.25) is 9.59 Å². The smallest absolute Gasteiger partial charge is 0.262 e. The minimum atomic E-state index is -0.617. The number of nitrogens with one attached hydrogen (secondary N) is 2. The molecule has 0 aliphatic heterocycles. The largest absolute Gasteiger partial charge is 0.339 e. The summed E-state index contributed by atoms with van der Waals surface area (Å²) in [5, 5.41) is 7.93. The Hall–Kier alpha value is -1.85. The van der Waals surface area contributed by atoms with E-state index in [1.54, 1.807) is 36.4 Å². The summed E-state index contributed by atoms with van der Waals surface area (Å²) in [5.41, 5.74) is 0.605. The number of hydrogen-bond acceptors (Lipinski definition) is 3. The quantitative estimate of drug-likeness (QED) is 0.872. The highest BCUT2D eigenvalue weighted by atomic mass is 35.5. The molecule has 1 unspecified atom stereocenters. The van der Waals surface area contributed by atoms with Crippen molar-refractivity contribution in [2.45, 2.75) is 19.9 Å². The zero-order valence-corrected chi connectivity index (χ0v) is 13.9. The Morgan fingerprint density at radius 2 is 1.95 bits per heavy atom. The Morgan fingerprint density at radius 3 is 2.55 bits per heavy atom. The molecule has 2 amide bonds. The van der Waals surface area contributed by atoms with Crippen molar-refractivity contribution in [2.24, 2.45) is 5.92 Å². The third-order valence-corrected chi connectivity index (χ3v) is 4.18. The van der Waals surface area contributed by atoms with Gasteiger partial charge in [0.25, 0.3) is 5.91 Å². The van der Waals surface area contributed by atoms with Crippen molar-refractivity contribution < 1.29 is 9.59 Å². The highest BCUT2D eigenvalue weighted by molar-refractivity contribution is 7.12. The molecule has 0 saturated heterocycles. The van der Waals surface area contributed by atoms with E-state index in [2.05, 4.69) is 10.6 Å². The molecule has 0 aliphatic rings. The molecule has 2 N–H and O–H groups in total. The standard InChI is InChI=1S/C16H17ClN2O2S/c1-10(2)14(19-15(20)13-7-4-8-22-13)16(21)18-12-6-3-5-11(17)9-12/h3-10,14H,1-2H3,(H,18,21)(H,19,20). The maximum atomic E-state index is 12.4. The van der Waals surface area contributed by atoms with E-state index < -0.39 is 6.04 Å². The molecular weight excluding hydrogens is 320 g/mol. The van der Waals surface area contributed by atoms with Gasteiger partial charge in [0, 0.05) is 10.7 Å². The first-order valence-electron chi connectivity index (χ1n) is 6.88. The van der Waals surface area contributed by atoms with Gasteiger partial charge in [0.05, 0.1) is 4.88 Å². The lowest BCUT2D eigenvalue weighted by atomic mass is 10.0.